The summed E-state index contributed by atoms with van der Waals surface area (Å²) in [4.78, 5) is 94.0. The number of unbranched alkanes of at least 4 members (excludes halogenated alkanes) is 5. The number of benzene rings is 2. The zero-order chi connectivity index (χ0) is 47.1. The van der Waals surface area contributed by atoms with E-state index in [0.717, 1.165) is 53.5 Å². The van der Waals surface area contributed by atoms with Gasteiger partial charge in [0, 0.05) is 44.1 Å². The van der Waals surface area contributed by atoms with Gasteiger partial charge in [-0.05, 0) is 55.5 Å². The number of nitrogens with zero attached hydrogens (tertiary/aromatic N) is 2. The summed E-state index contributed by atoms with van der Waals surface area (Å²) in [6.45, 7) is 5.59. The largest absolute Gasteiger partial charge is 0.595 e. The Morgan fingerprint density at radius 2 is 1.56 bits per heavy atom. The van der Waals surface area contributed by atoms with Crippen LogP contribution in [0.1, 0.15) is 103 Å². The van der Waals surface area contributed by atoms with Crippen molar-refractivity contribution >= 4 is 47.1 Å². The fourth-order valence-electron chi connectivity index (χ4n) is 7.13. The molecule has 1 aliphatic heterocycles. The highest BCUT2D eigenvalue weighted by molar-refractivity contribution is 5.96. The first kappa shape index (κ1) is 51.5. The van der Waals surface area contributed by atoms with Gasteiger partial charge < -0.3 is 56.7 Å². The number of carbonyl (C=O) groups excluding carboxylic acids is 6. The van der Waals surface area contributed by atoms with Crippen molar-refractivity contribution in [3.8, 4) is 22.6 Å². The molecule has 348 valence electrons. The SMILES string of the molecule is CCC(C)CCCCCCCCC(=O)N(C)[C@H](CO)C(=O)N[C@H](C)C(=O)NCC(=O)N(C)C1C(=O)N[C@@H](C)C(=O)NC(C(=O)O)Cc2cc(c(O)c([NH+]([O-])O)c2)-c2cc1ccc2O. The minimum absolute atomic E-state index is 0.0130. The standard InChI is InChI=1S/C43H63N7O13/c1-7-24(2)14-12-10-8-9-11-13-15-35(53)48(5)33(23-51)41(58)45-25(3)39(56)44-22-36(54)49(6)37-28-16-17-34(52)29(21-28)30-18-27(20-32(38(30)55)50(62)63)19-31(43(60)61)47-40(57)26(4)46-42(37)59/h16-18,20-21,24-26,31,33,37,50-52,55,62H,7-15,19,22-23H2,1-6H3,(H,44,56)(H,45,58)(H,46,59)(H,47,57)(H,60,61)/t24?,25-,26+,31?,33-,37?/m1/s1. The molecule has 0 saturated heterocycles. The number of fused-ring (bicyclic) bond motifs is 5. The van der Waals surface area contributed by atoms with Crippen molar-refractivity contribution in [3.63, 3.8) is 0 Å². The van der Waals surface area contributed by atoms with Crippen LogP contribution in [0.3, 0.4) is 0 Å². The zero-order valence-corrected chi connectivity index (χ0v) is 36.7. The van der Waals surface area contributed by atoms with E-state index in [1.54, 1.807) is 0 Å². The van der Waals surface area contributed by atoms with E-state index in [4.69, 9.17) is 0 Å². The van der Waals surface area contributed by atoms with Crippen molar-refractivity contribution in [1.29, 1.82) is 0 Å². The van der Waals surface area contributed by atoms with Crippen LogP contribution in [0.2, 0.25) is 0 Å². The summed E-state index contributed by atoms with van der Waals surface area (Å²) in [5.41, 5.74) is -1.01. The lowest BCUT2D eigenvalue weighted by atomic mass is 9.93. The third-order valence-electron chi connectivity index (χ3n) is 11.4. The molecule has 10 N–H and O–H groups in total. The van der Waals surface area contributed by atoms with Crippen LogP contribution in [0.15, 0.2) is 30.3 Å². The number of aromatic hydroxyl groups is 2. The summed E-state index contributed by atoms with van der Waals surface area (Å²) in [6.07, 6.45) is 7.98. The summed E-state index contributed by atoms with van der Waals surface area (Å²) in [7, 11) is 2.60. The summed E-state index contributed by atoms with van der Waals surface area (Å²) < 4.78 is 0. The lowest BCUT2D eigenvalue weighted by Crippen LogP contribution is -2.99. The Hall–Kier alpha value is -5.83. The summed E-state index contributed by atoms with van der Waals surface area (Å²) >= 11 is 0. The third-order valence-corrected chi connectivity index (χ3v) is 11.4. The molecule has 4 unspecified atom stereocenters. The van der Waals surface area contributed by atoms with Crippen LogP contribution in [-0.2, 0) is 40.0 Å². The van der Waals surface area contributed by atoms with Gasteiger partial charge in [-0.15, -0.1) is 0 Å². The van der Waals surface area contributed by atoms with Gasteiger partial charge in [0.2, 0.25) is 41.1 Å². The van der Waals surface area contributed by atoms with Crippen LogP contribution in [0.25, 0.3) is 11.1 Å². The predicted molar refractivity (Wildman–Crippen MR) is 228 cm³/mol. The molecule has 0 spiro atoms. The number of carboxylic acid groups (broad SMARTS) is 1. The molecule has 20 heteroatoms. The summed E-state index contributed by atoms with van der Waals surface area (Å²) in [6, 6.07) is -1.24. The second-order valence-electron chi connectivity index (χ2n) is 16.2. The average molecular weight is 886 g/mol. The topological polar surface area (TPSA) is 303 Å². The Kier molecular flexibility index (Phi) is 19.7. The number of rotatable bonds is 20. The monoisotopic (exact) mass is 885 g/mol. The molecule has 2 aromatic rings. The van der Waals surface area contributed by atoms with Gasteiger partial charge in [0.1, 0.15) is 36.0 Å². The number of phenols is 2. The number of quaternary nitrogens is 1. The number of hydrogen-bond donors (Lipinski definition) is 10. The molecule has 0 aromatic heterocycles. The molecule has 1 aliphatic rings. The van der Waals surface area contributed by atoms with Crippen LogP contribution >= 0.6 is 0 Å². The molecule has 4 bridgehead atoms. The second kappa shape index (κ2) is 24.1. The molecular formula is C43H63N7O13. The van der Waals surface area contributed by atoms with E-state index in [2.05, 4.69) is 35.1 Å². The Bertz CT molecular complexity index is 1960. The number of aliphatic hydroxyl groups is 1. The zero-order valence-electron chi connectivity index (χ0n) is 36.7. The number of hydrogen-bond acceptors (Lipinski definition) is 12. The Labute approximate surface area is 366 Å². The Morgan fingerprint density at radius 1 is 0.905 bits per heavy atom. The minimum Gasteiger partial charge on any atom is -0.595 e. The van der Waals surface area contributed by atoms with Crippen LogP contribution in [0, 0.1) is 11.1 Å². The molecule has 6 amide bonds. The molecule has 0 aliphatic carbocycles. The number of nitrogens with one attached hydrogen (secondary N) is 5. The number of phenolic OH excluding ortho intramolecular Hbond substituents is 2. The highest BCUT2D eigenvalue weighted by Crippen LogP contribution is 2.41. The smallest absolute Gasteiger partial charge is 0.326 e. The van der Waals surface area contributed by atoms with E-state index in [1.165, 1.54) is 65.4 Å². The van der Waals surface area contributed by atoms with Gasteiger partial charge in [-0.2, -0.15) is 5.23 Å². The predicted octanol–water partition coefficient (Wildman–Crippen LogP) is 0.905. The second-order valence-corrected chi connectivity index (χ2v) is 16.2. The fourth-order valence-corrected chi connectivity index (χ4v) is 7.13. The van der Waals surface area contributed by atoms with Crippen molar-refractivity contribution in [1.82, 2.24) is 31.1 Å². The molecule has 2 aromatic carbocycles. The van der Waals surface area contributed by atoms with E-state index < -0.39 is 108 Å². The molecule has 0 fully saturated rings. The van der Waals surface area contributed by atoms with Crippen LogP contribution < -0.4 is 26.5 Å². The van der Waals surface area contributed by atoms with Gasteiger partial charge in [0.25, 0.3) is 0 Å². The van der Waals surface area contributed by atoms with Gasteiger partial charge in [0.05, 0.1) is 13.2 Å². The van der Waals surface area contributed by atoms with Crippen molar-refractivity contribution in [2.24, 2.45) is 5.92 Å². The first-order chi connectivity index (χ1) is 29.7. The number of carbonyl (C=O) groups is 7. The molecule has 7 atom stereocenters. The lowest BCUT2D eigenvalue weighted by molar-refractivity contribution is -0.991. The van der Waals surface area contributed by atoms with E-state index in [9.17, 15) is 64.4 Å². The number of likely N-dealkylation sites (N-methyl/N-ethyl adjacent to an activating group) is 2. The van der Waals surface area contributed by atoms with Crippen LogP contribution in [-0.4, -0.2) is 128 Å². The van der Waals surface area contributed by atoms with Gasteiger partial charge in [-0.1, -0.05) is 64.9 Å². The molecular weight excluding hydrogens is 823 g/mol. The summed E-state index contributed by atoms with van der Waals surface area (Å²) in [5, 5.41) is 71.8. The first-order valence-corrected chi connectivity index (χ1v) is 21.2. The highest BCUT2D eigenvalue weighted by atomic mass is 16.8. The normalized spacial score (nSPS) is 18.3. The fraction of sp³-hybridized carbons (Fsp3) is 0.558. The van der Waals surface area contributed by atoms with Gasteiger partial charge >= 0.3 is 5.97 Å². The number of aliphatic hydroxyl groups excluding tert-OH is 1. The van der Waals surface area contributed by atoms with E-state index >= 15 is 0 Å². The molecule has 63 heavy (non-hydrogen) atoms. The molecule has 3 rings (SSSR count). The maximum absolute atomic E-state index is 13.9. The Morgan fingerprint density at radius 3 is 2.17 bits per heavy atom. The first-order valence-electron chi connectivity index (χ1n) is 21.2. The van der Waals surface area contributed by atoms with Gasteiger partial charge in [0.15, 0.2) is 5.75 Å². The maximum Gasteiger partial charge on any atom is 0.326 e. The molecule has 1 heterocycles. The van der Waals surface area contributed by atoms with Gasteiger partial charge in [-0.25, -0.2) is 10.0 Å². The molecule has 0 saturated carbocycles. The van der Waals surface area contributed by atoms with Crippen LogP contribution in [0.5, 0.6) is 11.5 Å². The van der Waals surface area contributed by atoms with Crippen molar-refractivity contribution in [3.05, 3.63) is 46.7 Å². The number of amides is 6. The average Bonchev–Trinajstić information content (AvgIpc) is 3.23. The van der Waals surface area contributed by atoms with Gasteiger partial charge in [-0.3, -0.25) is 28.8 Å². The van der Waals surface area contributed by atoms with Crippen molar-refractivity contribution in [2.45, 2.75) is 122 Å². The number of carboxylic acids is 1. The van der Waals surface area contributed by atoms with E-state index in [-0.39, 0.29) is 34.6 Å². The third kappa shape index (κ3) is 14.4. The maximum atomic E-state index is 13.9. The summed E-state index contributed by atoms with van der Waals surface area (Å²) in [5.74, 6) is -6.76. The molecule has 20 nitrogen and oxygen atoms in total. The molecule has 0 radical (unpaired) electrons. The quantitative estimate of drug-likeness (QED) is 0.0503. The lowest BCUT2D eigenvalue weighted by Gasteiger charge is -2.30. The van der Waals surface area contributed by atoms with E-state index in [0.29, 0.717) is 6.42 Å². The van der Waals surface area contributed by atoms with Crippen molar-refractivity contribution < 1.29 is 64.4 Å². The van der Waals surface area contributed by atoms with Crippen LogP contribution in [0.4, 0.5) is 5.69 Å². The van der Waals surface area contributed by atoms with Crippen molar-refractivity contribution in [2.75, 3.05) is 27.2 Å². The van der Waals surface area contributed by atoms with E-state index in [1.807, 2.05) is 0 Å². The Balaban J connectivity index is 1.75. The minimum atomic E-state index is -1.62. The highest BCUT2D eigenvalue weighted by Gasteiger charge is 2.34. The number of aliphatic carboxylic acids is 1.